The third-order valence-corrected chi connectivity index (χ3v) is 5.15. The van der Waals surface area contributed by atoms with Crippen LogP contribution in [-0.2, 0) is 11.3 Å². The van der Waals surface area contributed by atoms with Gasteiger partial charge in [-0.1, -0.05) is 24.3 Å². The molecule has 0 spiro atoms. The number of amides is 1. The zero-order valence-electron chi connectivity index (χ0n) is 16.6. The molecule has 0 atom stereocenters. The first-order valence-electron chi connectivity index (χ1n) is 9.79. The van der Waals surface area contributed by atoms with Gasteiger partial charge in [-0.2, -0.15) is 5.10 Å². The number of hydrogen-bond acceptors (Lipinski definition) is 5. The standard InChI is InChI=1S/C22H23N5O2/c1-3-26-21(29)18-10-4-5-11-19(18)23-22(26)25-24-15(2)16-8-6-9-17(14-16)27-13-7-12-20(27)28/h4-6,8-11,14H,3,7,12-13H2,1-2H3,(H,23,25)/b24-15-. The minimum Gasteiger partial charge on any atom is -0.312 e. The van der Waals surface area contributed by atoms with E-state index in [0.29, 0.717) is 29.8 Å². The van der Waals surface area contributed by atoms with Crippen molar-refractivity contribution in [1.82, 2.24) is 9.55 Å². The Morgan fingerprint density at radius 2 is 2.00 bits per heavy atom. The number of nitrogens with one attached hydrogen (secondary N) is 1. The maximum Gasteiger partial charge on any atom is 0.262 e. The van der Waals surface area contributed by atoms with Gasteiger partial charge >= 0.3 is 0 Å². The Hall–Kier alpha value is -3.48. The van der Waals surface area contributed by atoms with E-state index in [0.717, 1.165) is 29.9 Å². The monoisotopic (exact) mass is 389 g/mol. The number of rotatable bonds is 5. The van der Waals surface area contributed by atoms with Gasteiger partial charge in [0.25, 0.3) is 5.56 Å². The smallest absolute Gasteiger partial charge is 0.262 e. The Kier molecular flexibility index (Phi) is 5.12. The van der Waals surface area contributed by atoms with Gasteiger partial charge in [0.05, 0.1) is 16.6 Å². The van der Waals surface area contributed by atoms with Gasteiger partial charge in [0.15, 0.2) is 0 Å². The molecule has 1 aliphatic heterocycles. The molecule has 1 amide bonds. The number of benzene rings is 2. The van der Waals surface area contributed by atoms with Crippen LogP contribution in [0.2, 0.25) is 0 Å². The van der Waals surface area contributed by atoms with E-state index in [1.165, 1.54) is 0 Å². The van der Waals surface area contributed by atoms with Gasteiger partial charge in [-0.15, -0.1) is 0 Å². The fourth-order valence-corrected chi connectivity index (χ4v) is 3.57. The first-order chi connectivity index (χ1) is 14.1. The van der Waals surface area contributed by atoms with E-state index < -0.39 is 0 Å². The number of carbonyl (C=O) groups excluding carboxylic acids is 1. The van der Waals surface area contributed by atoms with Gasteiger partial charge in [-0.3, -0.25) is 14.2 Å². The summed E-state index contributed by atoms with van der Waals surface area (Å²) in [6, 6.07) is 15.1. The van der Waals surface area contributed by atoms with Crippen LogP contribution in [0.5, 0.6) is 0 Å². The molecule has 1 aromatic heterocycles. The summed E-state index contributed by atoms with van der Waals surface area (Å²) in [6.45, 7) is 5.02. The van der Waals surface area contributed by atoms with Crippen molar-refractivity contribution in [3.8, 4) is 0 Å². The van der Waals surface area contributed by atoms with E-state index in [1.54, 1.807) is 10.6 Å². The largest absolute Gasteiger partial charge is 0.312 e. The lowest BCUT2D eigenvalue weighted by molar-refractivity contribution is -0.117. The van der Waals surface area contributed by atoms with E-state index >= 15 is 0 Å². The second-order valence-corrected chi connectivity index (χ2v) is 7.01. The van der Waals surface area contributed by atoms with Crippen molar-refractivity contribution in [1.29, 1.82) is 0 Å². The molecule has 0 saturated carbocycles. The fraction of sp³-hybridized carbons (Fsp3) is 0.273. The zero-order chi connectivity index (χ0) is 20.4. The highest BCUT2D eigenvalue weighted by molar-refractivity contribution is 6.01. The second-order valence-electron chi connectivity index (χ2n) is 7.01. The first kappa shape index (κ1) is 18.9. The van der Waals surface area contributed by atoms with E-state index in [4.69, 9.17) is 0 Å². The molecular formula is C22H23N5O2. The highest BCUT2D eigenvalue weighted by Crippen LogP contribution is 2.22. The molecule has 2 aromatic carbocycles. The maximum absolute atomic E-state index is 12.7. The third kappa shape index (κ3) is 3.63. The number of anilines is 2. The van der Waals surface area contributed by atoms with Crippen LogP contribution in [0.25, 0.3) is 10.9 Å². The molecule has 4 rings (SSSR count). The number of fused-ring (bicyclic) bond motifs is 1. The molecule has 148 valence electrons. The quantitative estimate of drug-likeness (QED) is 0.536. The Bertz CT molecular complexity index is 1170. The van der Waals surface area contributed by atoms with E-state index in [9.17, 15) is 9.59 Å². The number of nitrogens with zero attached hydrogens (tertiary/aromatic N) is 4. The molecule has 0 radical (unpaired) electrons. The van der Waals surface area contributed by atoms with Crippen LogP contribution in [-0.4, -0.2) is 27.7 Å². The van der Waals surface area contributed by atoms with E-state index in [1.807, 2.05) is 61.2 Å². The Morgan fingerprint density at radius 3 is 2.76 bits per heavy atom. The van der Waals surface area contributed by atoms with Crippen molar-refractivity contribution >= 4 is 34.2 Å². The van der Waals surface area contributed by atoms with Crippen LogP contribution in [0.4, 0.5) is 11.6 Å². The number of hydrogen-bond donors (Lipinski definition) is 1. The summed E-state index contributed by atoms with van der Waals surface area (Å²) in [7, 11) is 0. The molecule has 0 aliphatic carbocycles. The Morgan fingerprint density at radius 1 is 1.17 bits per heavy atom. The van der Waals surface area contributed by atoms with Gasteiger partial charge in [0.2, 0.25) is 11.9 Å². The van der Waals surface area contributed by atoms with E-state index in [-0.39, 0.29) is 11.5 Å². The van der Waals surface area contributed by atoms with Crippen LogP contribution in [0.3, 0.4) is 0 Å². The molecule has 7 nitrogen and oxygen atoms in total. The molecule has 1 aliphatic rings. The summed E-state index contributed by atoms with van der Waals surface area (Å²) in [4.78, 5) is 31.1. The van der Waals surface area contributed by atoms with Crippen molar-refractivity contribution < 1.29 is 4.79 Å². The highest BCUT2D eigenvalue weighted by Gasteiger charge is 2.21. The Labute approximate surface area is 168 Å². The molecular weight excluding hydrogens is 366 g/mol. The minimum atomic E-state index is -0.0944. The van der Waals surface area contributed by atoms with E-state index in [2.05, 4.69) is 15.5 Å². The number of carbonyl (C=O) groups is 1. The first-order valence-corrected chi connectivity index (χ1v) is 9.79. The molecule has 7 heteroatoms. The lowest BCUT2D eigenvalue weighted by Gasteiger charge is -2.16. The van der Waals surface area contributed by atoms with Gasteiger partial charge in [-0.05, 0) is 50.1 Å². The van der Waals surface area contributed by atoms with Crippen LogP contribution < -0.4 is 15.9 Å². The Balaban J connectivity index is 1.64. The highest BCUT2D eigenvalue weighted by atomic mass is 16.2. The maximum atomic E-state index is 12.7. The predicted octanol–water partition coefficient (Wildman–Crippen LogP) is 3.38. The van der Waals surface area contributed by atoms with Gasteiger partial charge in [-0.25, -0.2) is 10.4 Å². The zero-order valence-corrected chi connectivity index (χ0v) is 16.6. The number of aromatic nitrogens is 2. The van der Waals surface area contributed by atoms with Crippen molar-refractivity contribution in [2.24, 2.45) is 5.10 Å². The SMILES string of the molecule is CCn1c(N/N=C(/C)c2cccc(N3CCCC3=O)c2)nc2ccccc2c1=O. The molecule has 1 fully saturated rings. The van der Waals surface area contributed by atoms with Crippen molar-refractivity contribution in [2.45, 2.75) is 33.2 Å². The van der Waals surface area contributed by atoms with Crippen LogP contribution in [0, 0.1) is 0 Å². The van der Waals surface area contributed by atoms with Crippen molar-refractivity contribution in [2.75, 3.05) is 16.9 Å². The summed E-state index contributed by atoms with van der Waals surface area (Å²) in [5.41, 5.74) is 6.02. The van der Waals surface area contributed by atoms with Gasteiger partial charge in [0, 0.05) is 25.2 Å². The molecule has 3 aromatic rings. The second kappa shape index (κ2) is 7.87. The van der Waals surface area contributed by atoms with Gasteiger partial charge < -0.3 is 4.90 Å². The summed E-state index contributed by atoms with van der Waals surface area (Å²) in [5.74, 6) is 0.559. The van der Waals surface area contributed by atoms with Crippen molar-refractivity contribution in [3.63, 3.8) is 0 Å². The lowest BCUT2D eigenvalue weighted by Crippen LogP contribution is -2.24. The fourth-order valence-electron chi connectivity index (χ4n) is 3.57. The van der Waals surface area contributed by atoms with Crippen LogP contribution in [0.1, 0.15) is 32.3 Å². The van der Waals surface area contributed by atoms with Crippen LogP contribution >= 0.6 is 0 Å². The molecule has 0 bridgehead atoms. The molecule has 29 heavy (non-hydrogen) atoms. The average molecular weight is 389 g/mol. The summed E-state index contributed by atoms with van der Waals surface area (Å²) < 4.78 is 1.57. The summed E-state index contributed by atoms with van der Waals surface area (Å²) >= 11 is 0. The summed E-state index contributed by atoms with van der Waals surface area (Å²) in [6.07, 6.45) is 1.49. The normalized spacial score (nSPS) is 14.6. The molecule has 0 unspecified atom stereocenters. The van der Waals surface area contributed by atoms with Gasteiger partial charge in [0.1, 0.15) is 0 Å². The molecule has 2 heterocycles. The lowest BCUT2D eigenvalue weighted by atomic mass is 10.1. The topological polar surface area (TPSA) is 79.6 Å². The minimum absolute atomic E-state index is 0.0944. The van der Waals surface area contributed by atoms with Crippen LogP contribution in [0.15, 0.2) is 58.4 Å². The third-order valence-electron chi connectivity index (χ3n) is 5.15. The molecule has 1 saturated heterocycles. The predicted molar refractivity (Wildman–Crippen MR) is 116 cm³/mol. The summed E-state index contributed by atoms with van der Waals surface area (Å²) in [5, 5.41) is 5.04. The number of para-hydroxylation sites is 1. The average Bonchev–Trinajstić information content (AvgIpc) is 3.18. The molecule has 1 N–H and O–H groups in total. The number of hydrazone groups is 1. The van der Waals surface area contributed by atoms with Crippen molar-refractivity contribution in [3.05, 3.63) is 64.4 Å².